The predicted octanol–water partition coefficient (Wildman–Crippen LogP) is 1.05. The van der Waals surface area contributed by atoms with E-state index in [1.54, 1.807) is 0 Å². The van der Waals surface area contributed by atoms with Crippen LogP contribution in [0.15, 0.2) is 0 Å². The Balaban J connectivity index is 0. The van der Waals surface area contributed by atoms with Crippen LogP contribution in [0.4, 0.5) is 9.15 Å². The molecular formula is C2H4F2O. The lowest BCUT2D eigenvalue weighted by atomic mass is 11.0. The van der Waals surface area contributed by atoms with Crippen LogP contribution in [-0.4, -0.2) is 6.29 Å². The minimum atomic E-state index is 0.750. The lowest BCUT2D eigenvalue weighted by Crippen LogP contribution is -1.36. The summed E-state index contributed by atoms with van der Waals surface area (Å²) in [4.78, 5) is 8.81. The zero-order chi connectivity index (χ0) is 4.71. The lowest BCUT2D eigenvalue weighted by molar-refractivity contribution is -0.106. The fourth-order valence-electron chi connectivity index (χ4n) is 0. The van der Waals surface area contributed by atoms with Crippen molar-refractivity contribution in [2.45, 2.75) is 6.92 Å². The first-order valence-electron chi connectivity index (χ1n) is 0.956. The van der Waals surface area contributed by atoms with Crippen LogP contribution >= 0.6 is 0 Å². The number of aldehydes is 1. The zero-order valence-electron chi connectivity index (χ0n) is 2.74. The van der Waals surface area contributed by atoms with Crippen molar-refractivity contribution in [3.63, 3.8) is 0 Å². The van der Waals surface area contributed by atoms with Crippen LogP contribution in [-0.2, 0) is 4.79 Å². The molecule has 0 radical (unpaired) electrons. The minimum absolute atomic E-state index is 0.750. The first kappa shape index (κ1) is 8.82. The molecule has 0 aromatic heterocycles. The molecule has 0 bridgehead atoms. The van der Waals surface area contributed by atoms with Crippen LogP contribution in [0.3, 0.4) is 0 Å². The smallest absolute Gasteiger partial charge is 0.116 e. The lowest BCUT2D eigenvalue weighted by Gasteiger charge is -1.23. The fourth-order valence-corrected chi connectivity index (χ4v) is 0. The van der Waals surface area contributed by atoms with Gasteiger partial charge in [-0.3, -0.25) is 0 Å². The second-order valence-corrected chi connectivity index (χ2v) is 0.236. The van der Waals surface area contributed by atoms with E-state index in [4.69, 9.17) is 13.9 Å². The summed E-state index contributed by atoms with van der Waals surface area (Å²) in [5.74, 6) is 0. The van der Waals surface area contributed by atoms with Crippen molar-refractivity contribution in [3.8, 4) is 0 Å². The van der Waals surface area contributed by atoms with Gasteiger partial charge in [-0.1, -0.05) is 0 Å². The van der Waals surface area contributed by atoms with Crippen molar-refractivity contribution >= 4 is 6.29 Å². The fraction of sp³-hybridized carbons (Fsp3) is 0.500. The van der Waals surface area contributed by atoms with Crippen LogP contribution in [0.25, 0.3) is 0 Å². The molecule has 0 saturated carbocycles. The highest BCUT2D eigenvalue weighted by Gasteiger charge is 1.24. The molecule has 0 aliphatic carbocycles. The molecule has 0 aromatic carbocycles. The van der Waals surface area contributed by atoms with Gasteiger partial charge in [0.2, 0.25) is 0 Å². The number of hydrogen-bond acceptors (Lipinski definition) is 1. The van der Waals surface area contributed by atoms with E-state index in [9.17, 15) is 0 Å². The number of hydrogen-bond donors (Lipinski definition) is 0. The third kappa shape index (κ3) is 37.4. The molecule has 0 atom stereocenters. The summed E-state index contributed by atoms with van der Waals surface area (Å²) in [6.45, 7) is 1.44. The second kappa shape index (κ2) is 80.4. The molecule has 0 spiro atoms. The summed E-state index contributed by atoms with van der Waals surface area (Å²) in [5, 5.41) is 0. The Kier molecular flexibility index (Phi) is 142. The molecule has 0 aliphatic rings. The molecule has 0 aromatic rings. The molecule has 0 aliphatic heterocycles. The van der Waals surface area contributed by atoms with E-state index in [0.717, 1.165) is 6.29 Å². The van der Waals surface area contributed by atoms with Crippen LogP contribution in [0.2, 0.25) is 0 Å². The minimum Gasteiger partial charge on any atom is -0.304 e. The molecule has 0 amide bonds. The average Bonchev–Trinajstić information content (AvgIpc) is 1.46. The number of rotatable bonds is 0. The Morgan fingerprint density at radius 1 is 1.60 bits per heavy atom. The topological polar surface area (TPSA) is 17.1 Å². The zero-order valence-corrected chi connectivity index (χ0v) is 2.74. The third-order valence-corrected chi connectivity index (χ3v) is 0. The first-order chi connectivity index (χ1) is 2.41. The maximum absolute atomic E-state index is 8.81. The summed E-state index contributed by atoms with van der Waals surface area (Å²) >= 11 is 0. The van der Waals surface area contributed by atoms with Gasteiger partial charge in [-0.05, 0) is 6.92 Å². The van der Waals surface area contributed by atoms with Gasteiger partial charge in [-0.2, -0.15) is 0 Å². The number of carbonyl (C=O) groups is 1. The van der Waals surface area contributed by atoms with Crippen molar-refractivity contribution in [2.24, 2.45) is 0 Å². The van der Waals surface area contributed by atoms with Crippen molar-refractivity contribution < 1.29 is 13.9 Å². The van der Waals surface area contributed by atoms with Gasteiger partial charge >= 0.3 is 0 Å². The van der Waals surface area contributed by atoms with Gasteiger partial charge in [0.25, 0.3) is 0 Å². The standard InChI is InChI=1S/C2H4O.F2/c1-2-3;1-2/h2H,1H3;. The van der Waals surface area contributed by atoms with Gasteiger partial charge in [-0.25, -0.2) is 0 Å². The second-order valence-electron chi connectivity index (χ2n) is 0.236. The summed E-state index contributed by atoms with van der Waals surface area (Å²) < 4.78 is 16.0. The van der Waals surface area contributed by atoms with Crippen LogP contribution < -0.4 is 0 Å². The monoisotopic (exact) mass is 82.0 g/mol. The van der Waals surface area contributed by atoms with E-state index in [2.05, 4.69) is 0 Å². The maximum atomic E-state index is 8.81. The Morgan fingerprint density at radius 3 is 1.60 bits per heavy atom. The molecule has 3 heteroatoms. The molecule has 0 unspecified atom stereocenters. The number of halogens is 2. The molecule has 1 nitrogen and oxygen atoms in total. The van der Waals surface area contributed by atoms with Crippen molar-refractivity contribution in [1.82, 2.24) is 0 Å². The molecular weight excluding hydrogens is 78.0 g/mol. The first-order valence-corrected chi connectivity index (χ1v) is 0.956. The van der Waals surface area contributed by atoms with Crippen LogP contribution in [0.5, 0.6) is 0 Å². The maximum Gasteiger partial charge on any atom is 0.116 e. The highest BCUT2D eigenvalue weighted by atomic mass is 20.0. The van der Waals surface area contributed by atoms with E-state index in [1.807, 2.05) is 0 Å². The van der Waals surface area contributed by atoms with Gasteiger partial charge in [0.15, 0.2) is 0 Å². The van der Waals surface area contributed by atoms with E-state index < -0.39 is 0 Å². The molecule has 0 fully saturated rings. The summed E-state index contributed by atoms with van der Waals surface area (Å²) in [6.07, 6.45) is 0.750. The molecule has 0 N–H and O–H groups in total. The van der Waals surface area contributed by atoms with E-state index in [-0.39, 0.29) is 0 Å². The van der Waals surface area contributed by atoms with Crippen molar-refractivity contribution in [1.29, 1.82) is 0 Å². The molecule has 0 saturated heterocycles. The van der Waals surface area contributed by atoms with Gasteiger partial charge < -0.3 is 4.79 Å². The normalized spacial score (nSPS) is 3.80. The summed E-state index contributed by atoms with van der Waals surface area (Å²) in [7, 11) is 0. The van der Waals surface area contributed by atoms with E-state index in [1.165, 1.54) is 6.92 Å². The van der Waals surface area contributed by atoms with Crippen molar-refractivity contribution in [2.75, 3.05) is 0 Å². The molecule has 0 rings (SSSR count). The Morgan fingerprint density at radius 2 is 1.60 bits per heavy atom. The average molecular weight is 82.0 g/mol. The highest BCUT2D eigenvalue weighted by Crippen LogP contribution is 1.42. The SMILES string of the molecule is CC=O.FF. The van der Waals surface area contributed by atoms with Crippen LogP contribution in [0, 0.1) is 0 Å². The summed E-state index contributed by atoms with van der Waals surface area (Å²) in [5.41, 5.74) is 0. The molecule has 5 heavy (non-hydrogen) atoms. The molecule has 32 valence electrons. The van der Waals surface area contributed by atoms with Gasteiger partial charge in [0.05, 0.1) is 0 Å². The Labute approximate surface area is 28.5 Å². The Hall–Kier alpha value is -0.470. The van der Waals surface area contributed by atoms with Gasteiger partial charge in [-0.15, -0.1) is 0 Å². The third-order valence-electron chi connectivity index (χ3n) is 0. The Bertz CT molecular complexity index is 15.1. The number of carbonyl (C=O) groups excluding carboxylic acids is 1. The molecule has 0 heterocycles. The van der Waals surface area contributed by atoms with Crippen LogP contribution in [0.1, 0.15) is 6.92 Å². The van der Waals surface area contributed by atoms with E-state index in [0.29, 0.717) is 0 Å². The summed E-state index contributed by atoms with van der Waals surface area (Å²) in [6, 6.07) is 0. The quantitative estimate of drug-likeness (QED) is 0.399. The van der Waals surface area contributed by atoms with Crippen molar-refractivity contribution in [3.05, 3.63) is 0 Å². The largest absolute Gasteiger partial charge is 0.304 e. The van der Waals surface area contributed by atoms with E-state index >= 15 is 0 Å². The van der Waals surface area contributed by atoms with Gasteiger partial charge in [0, 0.05) is 9.15 Å². The highest BCUT2D eigenvalue weighted by molar-refractivity contribution is 5.44. The van der Waals surface area contributed by atoms with Gasteiger partial charge in [0.1, 0.15) is 6.29 Å². The predicted molar refractivity (Wildman–Crippen MR) is 14.0 cm³/mol.